The number of rotatable bonds is 3. The molecule has 0 spiro atoms. The monoisotopic (exact) mass is 261 g/mol. The second-order valence-corrected chi connectivity index (χ2v) is 4.10. The Bertz CT molecular complexity index is 583. The average Bonchev–Trinajstić information content (AvgIpc) is 2.42. The van der Waals surface area contributed by atoms with Gasteiger partial charge in [-0.05, 0) is 38.5 Å². The maximum Gasteiger partial charge on any atom is 0.336 e. The molecule has 0 atom stereocenters. The van der Waals surface area contributed by atoms with Gasteiger partial charge in [-0.15, -0.1) is 0 Å². The SMILES string of the molecule is CC.CCN(CC)c1ccc2c(C)cc(=O)oc2c1. The molecule has 1 aromatic carbocycles. The van der Waals surface area contributed by atoms with E-state index in [4.69, 9.17) is 4.42 Å². The number of nitrogens with zero attached hydrogens (tertiary/aromatic N) is 1. The zero-order valence-corrected chi connectivity index (χ0v) is 12.5. The second kappa shape index (κ2) is 6.98. The minimum atomic E-state index is -0.285. The Morgan fingerprint density at radius 3 is 2.32 bits per heavy atom. The highest BCUT2D eigenvalue weighted by Gasteiger charge is 2.06. The van der Waals surface area contributed by atoms with Crippen molar-refractivity contribution in [3.8, 4) is 0 Å². The summed E-state index contributed by atoms with van der Waals surface area (Å²) in [5.74, 6) is 0. The van der Waals surface area contributed by atoms with E-state index in [0.717, 1.165) is 29.7 Å². The Labute approximate surface area is 114 Å². The standard InChI is InChI=1S/C14H17NO2.C2H6/c1-4-15(5-2)11-6-7-12-10(3)8-14(16)17-13(12)9-11;1-2/h6-9H,4-5H2,1-3H3;1-2H3. The fourth-order valence-corrected chi connectivity index (χ4v) is 2.10. The van der Waals surface area contributed by atoms with Crippen LogP contribution in [-0.4, -0.2) is 13.1 Å². The molecule has 2 aromatic rings. The molecule has 3 heteroatoms. The van der Waals surface area contributed by atoms with Crippen LogP contribution in [0.4, 0.5) is 5.69 Å². The third-order valence-electron chi connectivity index (χ3n) is 3.06. The van der Waals surface area contributed by atoms with Crippen LogP contribution in [-0.2, 0) is 0 Å². The summed E-state index contributed by atoms with van der Waals surface area (Å²) in [6.45, 7) is 12.0. The summed E-state index contributed by atoms with van der Waals surface area (Å²) in [6.07, 6.45) is 0. The van der Waals surface area contributed by atoms with Gasteiger partial charge in [0, 0.05) is 36.3 Å². The van der Waals surface area contributed by atoms with Gasteiger partial charge in [0.2, 0.25) is 0 Å². The number of anilines is 1. The molecule has 104 valence electrons. The molecular weight excluding hydrogens is 238 g/mol. The zero-order valence-electron chi connectivity index (χ0n) is 12.5. The third-order valence-corrected chi connectivity index (χ3v) is 3.06. The summed E-state index contributed by atoms with van der Waals surface area (Å²) >= 11 is 0. The van der Waals surface area contributed by atoms with Crippen LogP contribution in [0.5, 0.6) is 0 Å². The highest BCUT2D eigenvalue weighted by Crippen LogP contribution is 2.23. The van der Waals surface area contributed by atoms with Gasteiger partial charge in [-0.2, -0.15) is 0 Å². The molecule has 3 nitrogen and oxygen atoms in total. The van der Waals surface area contributed by atoms with E-state index in [2.05, 4.69) is 24.8 Å². The molecule has 0 bridgehead atoms. The minimum absolute atomic E-state index is 0.285. The quantitative estimate of drug-likeness (QED) is 0.784. The molecule has 0 saturated carbocycles. The van der Waals surface area contributed by atoms with Crippen LogP contribution in [0.15, 0.2) is 33.5 Å². The van der Waals surface area contributed by atoms with E-state index in [-0.39, 0.29) is 5.63 Å². The predicted octanol–water partition coefficient (Wildman–Crippen LogP) is 3.97. The first-order chi connectivity index (χ1) is 9.15. The van der Waals surface area contributed by atoms with Crippen molar-refractivity contribution >= 4 is 16.7 Å². The zero-order chi connectivity index (χ0) is 14.4. The number of hydrogen-bond donors (Lipinski definition) is 0. The molecule has 0 aliphatic rings. The normalized spacial score (nSPS) is 9.95. The van der Waals surface area contributed by atoms with Crippen LogP contribution >= 0.6 is 0 Å². The van der Waals surface area contributed by atoms with Crippen LogP contribution in [0.2, 0.25) is 0 Å². The smallest absolute Gasteiger partial charge is 0.336 e. The van der Waals surface area contributed by atoms with Crippen molar-refractivity contribution in [2.45, 2.75) is 34.6 Å². The lowest BCUT2D eigenvalue weighted by Gasteiger charge is -2.21. The molecule has 0 amide bonds. The molecule has 2 rings (SSSR count). The lowest BCUT2D eigenvalue weighted by atomic mass is 10.1. The summed E-state index contributed by atoms with van der Waals surface area (Å²) < 4.78 is 5.24. The van der Waals surface area contributed by atoms with Crippen molar-refractivity contribution in [1.29, 1.82) is 0 Å². The van der Waals surface area contributed by atoms with Gasteiger partial charge >= 0.3 is 5.63 Å². The van der Waals surface area contributed by atoms with Gasteiger partial charge in [-0.3, -0.25) is 0 Å². The summed E-state index contributed by atoms with van der Waals surface area (Å²) in [7, 11) is 0. The number of benzene rings is 1. The lowest BCUT2D eigenvalue weighted by Crippen LogP contribution is -2.21. The largest absolute Gasteiger partial charge is 0.423 e. The van der Waals surface area contributed by atoms with E-state index in [1.807, 2.05) is 32.9 Å². The molecule has 1 aromatic heterocycles. The van der Waals surface area contributed by atoms with Crippen molar-refractivity contribution in [3.63, 3.8) is 0 Å². The topological polar surface area (TPSA) is 33.5 Å². The van der Waals surface area contributed by atoms with E-state index in [1.54, 1.807) is 0 Å². The highest BCUT2D eigenvalue weighted by molar-refractivity contribution is 5.83. The molecule has 0 radical (unpaired) electrons. The summed E-state index contributed by atoms with van der Waals surface area (Å²) in [5, 5.41) is 1.00. The molecule has 0 fully saturated rings. The molecular formula is C16H23NO2. The summed E-state index contributed by atoms with van der Waals surface area (Å²) in [6, 6.07) is 7.56. The van der Waals surface area contributed by atoms with E-state index in [1.165, 1.54) is 6.07 Å². The van der Waals surface area contributed by atoms with Gasteiger partial charge in [0.1, 0.15) is 5.58 Å². The van der Waals surface area contributed by atoms with Gasteiger partial charge in [0.05, 0.1) is 0 Å². The second-order valence-electron chi connectivity index (χ2n) is 4.10. The van der Waals surface area contributed by atoms with Gasteiger partial charge in [-0.1, -0.05) is 13.8 Å². The van der Waals surface area contributed by atoms with Gasteiger partial charge in [0.15, 0.2) is 0 Å². The highest BCUT2D eigenvalue weighted by atomic mass is 16.4. The van der Waals surface area contributed by atoms with Crippen molar-refractivity contribution in [3.05, 3.63) is 40.2 Å². The molecule has 0 unspecified atom stereocenters. The van der Waals surface area contributed by atoms with E-state index >= 15 is 0 Å². The number of fused-ring (bicyclic) bond motifs is 1. The first-order valence-electron chi connectivity index (χ1n) is 6.95. The number of hydrogen-bond acceptors (Lipinski definition) is 3. The third kappa shape index (κ3) is 3.37. The van der Waals surface area contributed by atoms with Crippen LogP contribution in [0, 0.1) is 6.92 Å². The molecule has 0 aliphatic heterocycles. The van der Waals surface area contributed by atoms with Crippen LogP contribution in [0.1, 0.15) is 33.3 Å². The van der Waals surface area contributed by atoms with Gasteiger partial charge in [-0.25, -0.2) is 4.79 Å². The maximum absolute atomic E-state index is 11.3. The van der Waals surface area contributed by atoms with Crippen molar-refractivity contribution in [2.24, 2.45) is 0 Å². The van der Waals surface area contributed by atoms with Gasteiger partial charge < -0.3 is 9.32 Å². The average molecular weight is 261 g/mol. The van der Waals surface area contributed by atoms with E-state index in [9.17, 15) is 4.79 Å². The van der Waals surface area contributed by atoms with Crippen LogP contribution in [0.3, 0.4) is 0 Å². The van der Waals surface area contributed by atoms with Crippen LogP contribution in [0.25, 0.3) is 11.0 Å². The Kier molecular flexibility index (Phi) is 5.61. The Balaban J connectivity index is 0.000000861. The first-order valence-corrected chi connectivity index (χ1v) is 6.95. The molecule has 0 saturated heterocycles. The van der Waals surface area contributed by atoms with Crippen molar-refractivity contribution in [2.75, 3.05) is 18.0 Å². The Hall–Kier alpha value is -1.77. The Morgan fingerprint density at radius 2 is 1.74 bits per heavy atom. The maximum atomic E-state index is 11.3. The summed E-state index contributed by atoms with van der Waals surface area (Å²) in [5.41, 5.74) is 2.43. The first kappa shape index (κ1) is 15.3. The van der Waals surface area contributed by atoms with Crippen LogP contribution < -0.4 is 10.5 Å². The summed E-state index contributed by atoms with van der Waals surface area (Å²) in [4.78, 5) is 13.6. The number of aryl methyl sites for hydroxylation is 1. The fourth-order valence-electron chi connectivity index (χ4n) is 2.10. The van der Waals surface area contributed by atoms with Gasteiger partial charge in [0.25, 0.3) is 0 Å². The minimum Gasteiger partial charge on any atom is -0.423 e. The Morgan fingerprint density at radius 1 is 1.11 bits per heavy atom. The molecule has 19 heavy (non-hydrogen) atoms. The lowest BCUT2D eigenvalue weighted by molar-refractivity contribution is 0.560. The molecule has 1 heterocycles. The predicted molar refractivity (Wildman–Crippen MR) is 82.1 cm³/mol. The van der Waals surface area contributed by atoms with E-state index < -0.39 is 0 Å². The molecule has 0 aliphatic carbocycles. The van der Waals surface area contributed by atoms with E-state index in [0.29, 0.717) is 5.58 Å². The molecule has 0 N–H and O–H groups in total. The van der Waals surface area contributed by atoms with Crippen molar-refractivity contribution in [1.82, 2.24) is 0 Å². The fraction of sp³-hybridized carbons (Fsp3) is 0.438. The van der Waals surface area contributed by atoms with Crippen molar-refractivity contribution < 1.29 is 4.42 Å².